The number of para-hydroxylation sites is 1. The SMILES string of the molecule is CCN1CCc2c(c(C(C)(C)C)nn2C(=O)Nc2c(C)cccc2C)C1. The van der Waals surface area contributed by atoms with Crippen LogP contribution in [0.3, 0.4) is 0 Å². The normalized spacial score (nSPS) is 15.0. The van der Waals surface area contributed by atoms with E-state index >= 15 is 0 Å². The molecule has 1 amide bonds. The zero-order valence-corrected chi connectivity index (χ0v) is 16.8. The third-order valence-electron chi connectivity index (χ3n) is 5.20. The second kappa shape index (κ2) is 6.88. The summed E-state index contributed by atoms with van der Waals surface area (Å²) in [5, 5.41) is 7.85. The standard InChI is InChI=1S/C21H30N4O/c1-7-24-12-11-17-16(13-24)19(21(4,5)6)23-25(17)20(26)22-18-14(2)9-8-10-15(18)3/h8-10H,7,11-13H2,1-6H3,(H,22,26). The lowest BCUT2D eigenvalue weighted by Crippen LogP contribution is -2.33. The van der Waals surface area contributed by atoms with Crippen LogP contribution in [-0.4, -0.2) is 33.8 Å². The molecule has 5 nitrogen and oxygen atoms in total. The van der Waals surface area contributed by atoms with Crippen LogP contribution in [0.25, 0.3) is 0 Å². The lowest BCUT2D eigenvalue weighted by molar-refractivity contribution is 0.245. The summed E-state index contributed by atoms with van der Waals surface area (Å²) in [6.07, 6.45) is 0.854. The first-order chi connectivity index (χ1) is 12.2. The Morgan fingerprint density at radius 3 is 2.46 bits per heavy atom. The van der Waals surface area contributed by atoms with Crippen LogP contribution in [0, 0.1) is 13.8 Å². The van der Waals surface area contributed by atoms with Gasteiger partial charge in [0.05, 0.1) is 11.4 Å². The summed E-state index contributed by atoms with van der Waals surface area (Å²) >= 11 is 0. The number of rotatable bonds is 2. The molecule has 5 heteroatoms. The molecule has 2 heterocycles. The maximum Gasteiger partial charge on any atom is 0.346 e. The molecule has 1 aromatic carbocycles. The van der Waals surface area contributed by atoms with Gasteiger partial charge in [-0.1, -0.05) is 45.9 Å². The minimum Gasteiger partial charge on any atom is -0.305 e. The molecule has 1 aliphatic heterocycles. The van der Waals surface area contributed by atoms with Crippen molar-refractivity contribution in [3.05, 3.63) is 46.3 Å². The Morgan fingerprint density at radius 2 is 1.88 bits per heavy atom. The van der Waals surface area contributed by atoms with Crippen LogP contribution >= 0.6 is 0 Å². The van der Waals surface area contributed by atoms with E-state index in [0.717, 1.165) is 54.3 Å². The van der Waals surface area contributed by atoms with Crippen molar-refractivity contribution in [1.82, 2.24) is 14.7 Å². The minimum absolute atomic E-state index is 0.0923. The van der Waals surface area contributed by atoms with Gasteiger partial charge in [-0.05, 0) is 31.5 Å². The van der Waals surface area contributed by atoms with E-state index in [4.69, 9.17) is 5.10 Å². The first-order valence-corrected chi connectivity index (χ1v) is 9.43. The Bertz CT molecular complexity index is 809. The van der Waals surface area contributed by atoms with Gasteiger partial charge in [0.2, 0.25) is 0 Å². The van der Waals surface area contributed by atoms with Crippen molar-refractivity contribution in [1.29, 1.82) is 0 Å². The number of aromatic nitrogens is 2. The van der Waals surface area contributed by atoms with Crippen LogP contribution in [0.5, 0.6) is 0 Å². The Balaban J connectivity index is 2.00. The summed E-state index contributed by atoms with van der Waals surface area (Å²) in [7, 11) is 0. The molecule has 3 rings (SSSR count). The van der Waals surface area contributed by atoms with E-state index in [1.807, 2.05) is 32.0 Å². The summed E-state index contributed by atoms with van der Waals surface area (Å²) in [6, 6.07) is 5.87. The Kier molecular flexibility index (Phi) is 4.93. The number of hydrogen-bond donors (Lipinski definition) is 1. The van der Waals surface area contributed by atoms with E-state index in [2.05, 4.69) is 37.9 Å². The summed E-state index contributed by atoms with van der Waals surface area (Å²) in [5.41, 5.74) is 6.23. The number of nitrogens with zero attached hydrogens (tertiary/aromatic N) is 3. The summed E-state index contributed by atoms with van der Waals surface area (Å²) < 4.78 is 1.61. The van der Waals surface area contributed by atoms with Gasteiger partial charge in [-0.3, -0.25) is 4.90 Å². The number of anilines is 1. The Labute approximate surface area is 156 Å². The predicted molar refractivity (Wildman–Crippen MR) is 106 cm³/mol. The molecule has 0 aliphatic carbocycles. The van der Waals surface area contributed by atoms with Crippen molar-refractivity contribution < 1.29 is 4.79 Å². The molecule has 0 fully saturated rings. The second-order valence-corrected chi connectivity index (χ2v) is 8.25. The van der Waals surface area contributed by atoms with E-state index in [0.29, 0.717) is 0 Å². The average molecular weight is 354 g/mol. The fourth-order valence-electron chi connectivity index (χ4n) is 3.69. The fourth-order valence-corrected chi connectivity index (χ4v) is 3.69. The highest BCUT2D eigenvalue weighted by Crippen LogP contribution is 2.31. The Morgan fingerprint density at radius 1 is 1.23 bits per heavy atom. The van der Waals surface area contributed by atoms with Crippen molar-refractivity contribution in [2.75, 3.05) is 18.4 Å². The van der Waals surface area contributed by atoms with Crippen LogP contribution in [0.15, 0.2) is 18.2 Å². The van der Waals surface area contributed by atoms with Crippen LogP contribution in [0.2, 0.25) is 0 Å². The molecule has 0 saturated carbocycles. The van der Waals surface area contributed by atoms with Crippen molar-refractivity contribution in [2.24, 2.45) is 0 Å². The lowest BCUT2D eigenvalue weighted by Gasteiger charge is -2.28. The molecule has 2 aromatic rings. The van der Waals surface area contributed by atoms with Crippen LogP contribution in [0.1, 0.15) is 55.8 Å². The summed E-state index contributed by atoms with van der Waals surface area (Å²) in [4.78, 5) is 15.5. The number of aryl methyl sites for hydroxylation is 2. The molecular formula is C21H30N4O. The topological polar surface area (TPSA) is 50.2 Å². The number of amides is 1. The number of carbonyl (C=O) groups excluding carboxylic acids is 1. The van der Waals surface area contributed by atoms with Crippen molar-refractivity contribution in [3.8, 4) is 0 Å². The van der Waals surface area contributed by atoms with Gasteiger partial charge in [0.15, 0.2) is 0 Å². The van der Waals surface area contributed by atoms with Crippen molar-refractivity contribution in [2.45, 2.75) is 59.9 Å². The first kappa shape index (κ1) is 18.6. The van der Waals surface area contributed by atoms with Gasteiger partial charge in [0.1, 0.15) is 0 Å². The summed E-state index contributed by atoms with van der Waals surface area (Å²) in [6.45, 7) is 15.5. The molecule has 0 bridgehead atoms. The van der Waals surface area contributed by atoms with Gasteiger partial charge in [0, 0.05) is 36.2 Å². The molecule has 1 aliphatic rings. The monoisotopic (exact) mass is 354 g/mol. The number of hydrogen-bond acceptors (Lipinski definition) is 3. The predicted octanol–water partition coefficient (Wildman–Crippen LogP) is 4.26. The van der Waals surface area contributed by atoms with Gasteiger partial charge in [-0.25, -0.2) is 4.79 Å². The number of benzene rings is 1. The second-order valence-electron chi connectivity index (χ2n) is 8.25. The number of likely N-dealkylation sites (N-methyl/N-ethyl adjacent to an activating group) is 1. The van der Waals surface area contributed by atoms with Crippen LogP contribution < -0.4 is 5.32 Å². The van der Waals surface area contributed by atoms with E-state index in [1.165, 1.54) is 5.56 Å². The quantitative estimate of drug-likeness (QED) is 0.877. The fraction of sp³-hybridized carbons (Fsp3) is 0.524. The third-order valence-corrected chi connectivity index (χ3v) is 5.20. The molecule has 26 heavy (non-hydrogen) atoms. The Hall–Kier alpha value is -2.14. The van der Waals surface area contributed by atoms with E-state index in [1.54, 1.807) is 4.68 Å². The van der Waals surface area contributed by atoms with Crippen molar-refractivity contribution >= 4 is 11.7 Å². The molecule has 0 atom stereocenters. The van der Waals surface area contributed by atoms with Gasteiger partial charge in [-0.2, -0.15) is 9.78 Å². The highest BCUT2D eigenvalue weighted by atomic mass is 16.2. The van der Waals surface area contributed by atoms with Gasteiger partial charge < -0.3 is 5.32 Å². The highest BCUT2D eigenvalue weighted by Gasteiger charge is 2.31. The van der Waals surface area contributed by atoms with Crippen molar-refractivity contribution in [3.63, 3.8) is 0 Å². The van der Waals surface area contributed by atoms with Crippen LogP contribution in [0.4, 0.5) is 10.5 Å². The lowest BCUT2D eigenvalue weighted by atomic mass is 9.87. The maximum atomic E-state index is 13.1. The summed E-state index contributed by atoms with van der Waals surface area (Å²) in [5.74, 6) is 0. The number of carbonyl (C=O) groups is 1. The maximum absolute atomic E-state index is 13.1. The highest BCUT2D eigenvalue weighted by molar-refractivity contribution is 5.92. The molecule has 1 N–H and O–H groups in total. The number of nitrogens with one attached hydrogen (secondary N) is 1. The zero-order chi connectivity index (χ0) is 19.1. The van der Waals surface area contributed by atoms with Gasteiger partial charge in [0.25, 0.3) is 0 Å². The van der Waals surface area contributed by atoms with E-state index in [9.17, 15) is 4.79 Å². The van der Waals surface area contributed by atoms with Gasteiger partial charge in [-0.15, -0.1) is 0 Å². The smallest absolute Gasteiger partial charge is 0.305 e. The third kappa shape index (κ3) is 3.40. The van der Waals surface area contributed by atoms with Crippen LogP contribution in [-0.2, 0) is 18.4 Å². The zero-order valence-electron chi connectivity index (χ0n) is 16.8. The molecular weight excluding hydrogens is 324 g/mol. The first-order valence-electron chi connectivity index (χ1n) is 9.43. The average Bonchev–Trinajstić information content (AvgIpc) is 2.97. The van der Waals surface area contributed by atoms with E-state index in [-0.39, 0.29) is 11.4 Å². The molecule has 140 valence electrons. The molecule has 0 unspecified atom stereocenters. The minimum atomic E-state index is -0.168. The van der Waals surface area contributed by atoms with E-state index < -0.39 is 0 Å². The largest absolute Gasteiger partial charge is 0.346 e. The van der Waals surface area contributed by atoms with Gasteiger partial charge >= 0.3 is 6.03 Å². The molecule has 0 saturated heterocycles. The number of fused-ring (bicyclic) bond motifs is 1. The molecule has 0 spiro atoms. The molecule has 1 aromatic heterocycles. The molecule has 0 radical (unpaired) electrons.